The van der Waals surface area contributed by atoms with E-state index in [-0.39, 0.29) is 24.3 Å². The number of ether oxygens (including phenoxy) is 1. The minimum atomic E-state index is -0.517. The molecule has 3 N–H and O–H groups in total. The summed E-state index contributed by atoms with van der Waals surface area (Å²) in [6, 6.07) is 13.4. The number of carbonyl (C=O) groups is 3. The largest absolute Gasteiger partial charge is 0.496 e. The molecule has 0 aliphatic heterocycles. The van der Waals surface area contributed by atoms with Crippen LogP contribution in [0.4, 0.5) is 5.69 Å². The molecule has 0 saturated heterocycles. The third kappa shape index (κ3) is 5.49. The summed E-state index contributed by atoms with van der Waals surface area (Å²) in [6.07, 6.45) is -0.149. The molecule has 2 aromatic carbocycles. The van der Waals surface area contributed by atoms with Gasteiger partial charge in [0.25, 0.3) is 5.91 Å². The van der Waals surface area contributed by atoms with E-state index in [9.17, 15) is 14.4 Å². The summed E-state index contributed by atoms with van der Waals surface area (Å²) < 4.78 is 5.08. The third-order valence-electron chi connectivity index (χ3n) is 3.39. The van der Waals surface area contributed by atoms with Gasteiger partial charge in [-0.25, -0.2) is 0 Å². The number of amides is 3. The van der Waals surface area contributed by atoms with Crippen LogP contribution in [0.2, 0.25) is 5.02 Å². The van der Waals surface area contributed by atoms with Gasteiger partial charge in [-0.1, -0.05) is 35.9 Å². The molecule has 0 spiro atoms. The number of para-hydroxylation sites is 2. The van der Waals surface area contributed by atoms with E-state index in [1.807, 2.05) is 0 Å². The zero-order valence-electron chi connectivity index (χ0n) is 14.0. The number of benzene rings is 2. The van der Waals surface area contributed by atoms with Gasteiger partial charge in [-0.2, -0.15) is 0 Å². The number of halogens is 1. The van der Waals surface area contributed by atoms with Crippen molar-refractivity contribution in [3.8, 4) is 5.75 Å². The first-order chi connectivity index (χ1) is 12.5. The van der Waals surface area contributed by atoms with Crippen LogP contribution in [0, 0.1) is 0 Å². The van der Waals surface area contributed by atoms with Crippen molar-refractivity contribution in [3.05, 3.63) is 59.1 Å². The van der Waals surface area contributed by atoms with Crippen LogP contribution in [-0.2, 0) is 9.59 Å². The van der Waals surface area contributed by atoms with Gasteiger partial charge in [-0.05, 0) is 24.3 Å². The highest BCUT2D eigenvalue weighted by Gasteiger charge is 2.13. The van der Waals surface area contributed by atoms with Crippen LogP contribution >= 0.6 is 11.6 Å². The van der Waals surface area contributed by atoms with Gasteiger partial charge in [-0.3, -0.25) is 25.2 Å². The average Bonchev–Trinajstić information content (AvgIpc) is 2.66. The second kappa shape index (κ2) is 9.43. The average molecular weight is 376 g/mol. The Kier molecular flexibility index (Phi) is 6.99. The Balaban J connectivity index is 1.77. The molecule has 0 aliphatic carbocycles. The van der Waals surface area contributed by atoms with Crippen molar-refractivity contribution in [2.45, 2.75) is 12.8 Å². The predicted octanol–water partition coefficient (Wildman–Crippen LogP) is 2.53. The van der Waals surface area contributed by atoms with E-state index in [1.165, 1.54) is 7.11 Å². The maximum absolute atomic E-state index is 12.0. The quantitative estimate of drug-likeness (QED) is 0.676. The topological polar surface area (TPSA) is 96.5 Å². The number of hydrazine groups is 1. The highest BCUT2D eigenvalue weighted by atomic mass is 35.5. The van der Waals surface area contributed by atoms with Gasteiger partial charge in [0.15, 0.2) is 0 Å². The first kappa shape index (κ1) is 19.3. The van der Waals surface area contributed by atoms with Crippen LogP contribution in [0.1, 0.15) is 23.2 Å². The van der Waals surface area contributed by atoms with E-state index in [0.717, 1.165) is 0 Å². The lowest BCUT2D eigenvalue weighted by atomic mass is 10.2. The van der Waals surface area contributed by atoms with Gasteiger partial charge in [0.1, 0.15) is 5.75 Å². The first-order valence-electron chi connectivity index (χ1n) is 7.78. The van der Waals surface area contributed by atoms with Crippen molar-refractivity contribution >= 4 is 35.0 Å². The number of carbonyl (C=O) groups excluding carboxylic acids is 3. The summed E-state index contributed by atoms with van der Waals surface area (Å²) in [5, 5.41) is 3.03. The molecule has 2 rings (SSSR count). The molecule has 0 fully saturated rings. The predicted molar refractivity (Wildman–Crippen MR) is 97.9 cm³/mol. The number of rotatable bonds is 6. The van der Waals surface area contributed by atoms with Gasteiger partial charge >= 0.3 is 0 Å². The van der Waals surface area contributed by atoms with Crippen LogP contribution < -0.4 is 20.9 Å². The highest BCUT2D eigenvalue weighted by Crippen LogP contribution is 2.20. The zero-order chi connectivity index (χ0) is 18.9. The Morgan fingerprint density at radius 1 is 0.923 bits per heavy atom. The number of hydrogen-bond donors (Lipinski definition) is 3. The molecule has 136 valence electrons. The van der Waals surface area contributed by atoms with Crippen molar-refractivity contribution in [3.63, 3.8) is 0 Å². The fourth-order valence-corrected chi connectivity index (χ4v) is 2.27. The Labute approximate surface area is 155 Å². The second-order valence-electron chi connectivity index (χ2n) is 5.23. The maximum Gasteiger partial charge on any atom is 0.273 e. The third-order valence-corrected chi connectivity index (χ3v) is 3.72. The lowest BCUT2D eigenvalue weighted by Gasteiger charge is -2.10. The van der Waals surface area contributed by atoms with E-state index >= 15 is 0 Å². The molecule has 3 amide bonds. The van der Waals surface area contributed by atoms with Crippen molar-refractivity contribution < 1.29 is 19.1 Å². The zero-order valence-corrected chi connectivity index (χ0v) is 14.8. The fourth-order valence-electron chi connectivity index (χ4n) is 2.09. The number of anilines is 1. The minimum Gasteiger partial charge on any atom is -0.496 e. The molecule has 26 heavy (non-hydrogen) atoms. The monoisotopic (exact) mass is 375 g/mol. The van der Waals surface area contributed by atoms with Crippen LogP contribution in [-0.4, -0.2) is 24.8 Å². The van der Waals surface area contributed by atoms with Crippen LogP contribution in [0.15, 0.2) is 48.5 Å². The summed E-state index contributed by atoms with van der Waals surface area (Å²) in [7, 11) is 1.45. The van der Waals surface area contributed by atoms with E-state index in [1.54, 1.807) is 48.5 Å². The van der Waals surface area contributed by atoms with E-state index in [0.29, 0.717) is 16.5 Å². The molecule has 0 atom stereocenters. The molecule has 0 unspecified atom stereocenters. The molecule has 0 bridgehead atoms. The fraction of sp³-hybridized carbons (Fsp3) is 0.167. The molecular weight excluding hydrogens is 358 g/mol. The van der Waals surface area contributed by atoms with Gasteiger partial charge in [-0.15, -0.1) is 0 Å². The van der Waals surface area contributed by atoms with Gasteiger partial charge in [0, 0.05) is 12.8 Å². The molecule has 2 aromatic rings. The van der Waals surface area contributed by atoms with Crippen LogP contribution in [0.3, 0.4) is 0 Å². The van der Waals surface area contributed by atoms with Crippen molar-refractivity contribution in [2.24, 2.45) is 0 Å². The van der Waals surface area contributed by atoms with E-state index in [4.69, 9.17) is 16.3 Å². The summed E-state index contributed by atoms with van der Waals surface area (Å²) in [5.41, 5.74) is 5.31. The number of nitrogens with one attached hydrogen (secondary N) is 3. The van der Waals surface area contributed by atoms with E-state index < -0.39 is 11.8 Å². The summed E-state index contributed by atoms with van der Waals surface area (Å²) in [6.45, 7) is 0. The van der Waals surface area contributed by atoms with Crippen LogP contribution in [0.5, 0.6) is 5.75 Å². The van der Waals surface area contributed by atoms with E-state index in [2.05, 4.69) is 16.2 Å². The molecule has 0 aliphatic rings. The maximum atomic E-state index is 12.0. The second-order valence-corrected chi connectivity index (χ2v) is 5.64. The molecule has 0 saturated carbocycles. The Hall–Kier alpha value is -3.06. The Morgan fingerprint density at radius 3 is 2.31 bits per heavy atom. The lowest BCUT2D eigenvalue weighted by Crippen LogP contribution is -2.41. The SMILES string of the molecule is COc1ccccc1C(=O)NNC(=O)CCC(=O)Nc1ccccc1Cl. The molecule has 0 heterocycles. The van der Waals surface area contributed by atoms with Crippen molar-refractivity contribution in [1.29, 1.82) is 0 Å². The van der Waals surface area contributed by atoms with Gasteiger partial charge in [0.05, 0.1) is 23.4 Å². The summed E-state index contributed by atoms with van der Waals surface area (Å²) in [4.78, 5) is 35.7. The Morgan fingerprint density at radius 2 is 1.58 bits per heavy atom. The molecule has 0 aromatic heterocycles. The highest BCUT2D eigenvalue weighted by molar-refractivity contribution is 6.33. The molecule has 0 radical (unpaired) electrons. The normalized spacial score (nSPS) is 9.92. The first-order valence-corrected chi connectivity index (χ1v) is 8.15. The van der Waals surface area contributed by atoms with Crippen molar-refractivity contribution in [1.82, 2.24) is 10.9 Å². The van der Waals surface area contributed by atoms with Crippen molar-refractivity contribution in [2.75, 3.05) is 12.4 Å². The number of hydrogen-bond acceptors (Lipinski definition) is 4. The molecular formula is C18H18ClN3O4. The number of methoxy groups -OCH3 is 1. The molecule has 7 nitrogen and oxygen atoms in total. The lowest BCUT2D eigenvalue weighted by molar-refractivity contribution is -0.124. The van der Waals surface area contributed by atoms with Crippen LogP contribution in [0.25, 0.3) is 0 Å². The van der Waals surface area contributed by atoms with Gasteiger partial charge in [0.2, 0.25) is 11.8 Å². The minimum absolute atomic E-state index is 0.0540. The summed E-state index contributed by atoms with van der Waals surface area (Å²) in [5.74, 6) is -0.985. The smallest absolute Gasteiger partial charge is 0.273 e. The molecule has 8 heteroatoms. The standard InChI is InChI=1S/C18H18ClN3O4/c1-26-15-9-5-2-6-12(15)18(25)22-21-17(24)11-10-16(23)20-14-8-4-3-7-13(14)19/h2-9H,10-11H2,1H3,(H,20,23)(H,21,24)(H,22,25). The van der Waals surface area contributed by atoms with Gasteiger partial charge < -0.3 is 10.1 Å². The summed E-state index contributed by atoms with van der Waals surface area (Å²) >= 11 is 5.95. The Bertz CT molecular complexity index is 811.